The van der Waals surface area contributed by atoms with E-state index in [0.29, 0.717) is 0 Å². The number of benzene rings is 1. The van der Waals surface area contributed by atoms with Crippen molar-refractivity contribution >= 4 is 27.3 Å². The van der Waals surface area contributed by atoms with Gasteiger partial charge in [-0.05, 0) is 12.1 Å². The first-order valence-electron chi connectivity index (χ1n) is 5.53. The van der Waals surface area contributed by atoms with Gasteiger partial charge in [-0.25, -0.2) is 9.67 Å². The Morgan fingerprint density at radius 2 is 2.22 bits per heavy atom. The molecule has 4 aromatic rings. The second-order valence-corrected chi connectivity index (χ2v) is 4.95. The molecule has 0 aliphatic carbocycles. The second-order valence-electron chi connectivity index (χ2n) is 4.12. The van der Waals surface area contributed by atoms with Crippen LogP contribution in [0.4, 0.5) is 0 Å². The summed E-state index contributed by atoms with van der Waals surface area (Å²) in [7, 11) is 1.90. The van der Waals surface area contributed by atoms with Crippen LogP contribution < -0.4 is 0 Å². The highest BCUT2D eigenvalue weighted by atomic mass is 32.1. The van der Waals surface area contributed by atoms with Crippen LogP contribution >= 0.6 is 11.3 Å². The van der Waals surface area contributed by atoms with E-state index < -0.39 is 0 Å². The van der Waals surface area contributed by atoms with E-state index in [0.717, 1.165) is 27.3 Å². The van der Waals surface area contributed by atoms with Gasteiger partial charge in [0.15, 0.2) is 4.96 Å². The summed E-state index contributed by atoms with van der Waals surface area (Å²) >= 11 is 1.64. The van der Waals surface area contributed by atoms with Gasteiger partial charge in [0.05, 0.1) is 11.2 Å². The van der Waals surface area contributed by atoms with Crippen LogP contribution in [0.2, 0.25) is 0 Å². The Balaban J connectivity index is 2.02. The molecular formula is C12H9N5S. The molecule has 4 rings (SSSR count). The molecule has 0 bridgehead atoms. The number of rotatable bonds is 1. The van der Waals surface area contributed by atoms with Gasteiger partial charge >= 0.3 is 0 Å². The molecule has 1 aromatic carbocycles. The van der Waals surface area contributed by atoms with Gasteiger partial charge in [-0.2, -0.15) is 0 Å². The lowest BCUT2D eigenvalue weighted by Gasteiger charge is -2.00. The molecule has 3 heterocycles. The fourth-order valence-corrected chi connectivity index (χ4v) is 2.98. The second kappa shape index (κ2) is 3.39. The number of imidazole rings is 1. The molecule has 0 fully saturated rings. The largest absolute Gasteiger partial charge is 0.290 e. The number of hydrogen-bond acceptors (Lipinski definition) is 4. The number of thiazole rings is 1. The highest BCUT2D eigenvalue weighted by molar-refractivity contribution is 7.15. The van der Waals surface area contributed by atoms with Gasteiger partial charge in [0, 0.05) is 30.4 Å². The van der Waals surface area contributed by atoms with Crippen molar-refractivity contribution in [3.8, 4) is 11.3 Å². The lowest BCUT2D eigenvalue weighted by atomic mass is 10.1. The predicted octanol–water partition coefficient (Wildman–Crippen LogP) is 2.34. The molecule has 0 aliphatic heterocycles. The summed E-state index contributed by atoms with van der Waals surface area (Å²) in [5.74, 6) is 0. The number of aromatic nitrogens is 5. The maximum absolute atomic E-state index is 4.29. The molecule has 5 nitrogen and oxygen atoms in total. The third kappa shape index (κ3) is 1.23. The van der Waals surface area contributed by atoms with E-state index in [1.54, 1.807) is 16.0 Å². The lowest BCUT2D eigenvalue weighted by molar-refractivity contribution is 0.736. The smallest absolute Gasteiger partial charge is 0.194 e. The minimum absolute atomic E-state index is 0.915. The van der Waals surface area contributed by atoms with Crippen LogP contribution in [-0.2, 0) is 7.05 Å². The van der Waals surface area contributed by atoms with Gasteiger partial charge in [0.2, 0.25) is 0 Å². The van der Waals surface area contributed by atoms with Gasteiger partial charge in [-0.3, -0.25) is 4.40 Å². The highest BCUT2D eigenvalue weighted by Gasteiger charge is 2.09. The number of nitrogens with zero attached hydrogens (tertiary/aromatic N) is 5. The Morgan fingerprint density at radius 1 is 1.28 bits per heavy atom. The van der Waals surface area contributed by atoms with Crippen molar-refractivity contribution in [2.45, 2.75) is 0 Å². The van der Waals surface area contributed by atoms with Crippen LogP contribution in [0.1, 0.15) is 0 Å². The molecule has 0 N–H and O–H groups in total. The van der Waals surface area contributed by atoms with Crippen LogP contribution in [0.3, 0.4) is 0 Å². The molecule has 18 heavy (non-hydrogen) atoms. The zero-order valence-corrected chi connectivity index (χ0v) is 10.4. The minimum atomic E-state index is 0.915. The maximum Gasteiger partial charge on any atom is 0.194 e. The van der Waals surface area contributed by atoms with Crippen LogP contribution in [0.5, 0.6) is 0 Å². The Labute approximate surface area is 106 Å². The van der Waals surface area contributed by atoms with Crippen LogP contribution in [0, 0.1) is 0 Å². The van der Waals surface area contributed by atoms with Crippen molar-refractivity contribution in [3.63, 3.8) is 0 Å². The monoisotopic (exact) mass is 255 g/mol. The number of aryl methyl sites for hydroxylation is 1. The number of hydrogen-bond donors (Lipinski definition) is 0. The fraction of sp³-hybridized carbons (Fsp3) is 0.0833. The first-order valence-corrected chi connectivity index (χ1v) is 6.41. The molecule has 0 atom stereocenters. The molecular weight excluding hydrogens is 246 g/mol. The van der Waals surface area contributed by atoms with E-state index in [-0.39, 0.29) is 0 Å². The van der Waals surface area contributed by atoms with Crippen molar-refractivity contribution in [1.82, 2.24) is 24.4 Å². The van der Waals surface area contributed by atoms with E-state index in [1.165, 1.54) is 0 Å². The Hall–Kier alpha value is -2.21. The SMILES string of the molecule is Cn1nnc2ccc(-c3csc4nccn34)cc21. The molecule has 0 amide bonds. The van der Waals surface area contributed by atoms with E-state index in [1.807, 2.05) is 25.5 Å². The van der Waals surface area contributed by atoms with Crippen LogP contribution in [0.15, 0.2) is 36.0 Å². The average molecular weight is 255 g/mol. The molecule has 88 valence electrons. The first kappa shape index (κ1) is 9.78. The van der Waals surface area contributed by atoms with E-state index in [4.69, 9.17) is 0 Å². The summed E-state index contributed by atoms with van der Waals surface area (Å²) < 4.78 is 3.88. The highest BCUT2D eigenvalue weighted by Crippen LogP contribution is 2.27. The van der Waals surface area contributed by atoms with E-state index in [9.17, 15) is 0 Å². The summed E-state index contributed by atoms with van der Waals surface area (Å²) in [5.41, 5.74) is 4.25. The van der Waals surface area contributed by atoms with Gasteiger partial charge in [-0.15, -0.1) is 16.4 Å². The first-order chi connectivity index (χ1) is 8.83. The Bertz CT molecular complexity index is 854. The summed E-state index contributed by atoms with van der Waals surface area (Å²) in [6, 6.07) is 6.17. The summed E-state index contributed by atoms with van der Waals surface area (Å²) in [6.45, 7) is 0. The summed E-state index contributed by atoms with van der Waals surface area (Å²) in [5, 5.41) is 10.2. The average Bonchev–Trinajstić information content (AvgIpc) is 3.04. The quantitative estimate of drug-likeness (QED) is 0.524. The van der Waals surface area contributed by atoms with Gasteiger partial charge < -0.3 is 0 Å². The molecule has 0 saturated carbocycles. The lowest BCUT2D eigenvalue weighted by Crippen LogP contribution is -1.90. The molecule has 6 heteroatoms. The zero-order chi connectivity index (χ0) is 12.1. The molecule has 3 aromatic heterocycles. The summed E-state index contributed by atoms with van der Waals surface area (Å²) in [4.78, 5) is 5.29. The predicted molar refractivity (Wildman–Crippen MR) is 70.6 cm³/mol. The zero-order valence-electron chi connectivity index (χ0n) is 9.61. The molecule has 0 saturated heterocycles. The molecule has 0 unspecified atom stereocenters. The molecule has 0 radical (unpaired) electrons. The number of fused-ring (bicyclic) bond motifs is 2. The van der Waals surface area contributed by atoms with Crippen LogP contribution in [0.25, 0.3) is 27.3 Å². The van der Waals surface area contributed by atoms with Crippen molar-refractivity contribution in [1.29, 1.82) is 0 Å². The Morgan fingerprint density at radius 3 is 3.17 bits per heavy atom. The standard InChI is InChI=1S/C12H9N5S/c1-16-10-6-8(2-3-9(10)14-15-16)11-7-18-12-13-4-5-17(11)12/h2-7H,1H3. The normalized spacial score (nSPS) is 11.6. The van der Waals surface area contributed by atoms with Crippen molar-refractivity contribution in [3.05, 3.63) is 36.0 Å². The summed E-state index contributed by atoms with van der Waals surface area (Å²) in [6.07, 6.45) is 3.80. The fourth-order valence-electron chi connectivity index (χ4n) is 2.12. The molecule has 0 aliphatic rings. The van der Waals surface area contributed by atoms with Crippen molar-refractivity contribution < 1.29 is 0 Å². The van der Waals surface area contributed by atoms with Crippen LogP contribution in [-0.4, -0.2) is 24.4 Å². The van der Waals surface area contributed by atoms with E-state index >= 15 is 0 Å². The van der Waals surface area contributed by atoms with Gasteiger partial charge in [0.1, 0.15) is 5.52 Å². The maximum atomic E-state index is 4.29. The topological polar surface area (TPSA) is 48.0 Å². The van der Waals surface area contributed by atoms with Crippen molar-refractivity contribution in [2.75, 3.05) is 0 Å². The third-order valence-electron chi connectivity index (χ3n) is 3.05. The minimum Gasteiger partial charge on any atom is -0.290 e. The molecule has 0 spiro atoms. The third-order valence-corrected chi connectivity index (χ3v) is 3.90. The van der Waals surface area contributed by atoms with E-state index in [2.05, 4.69) is 37.2 Å². The van der Waals surface area contributed by atoms with Crippen molar-refractivity contribution in [2.24, 2.45) is 7.05 Å². The Kier molecular flexibility index (Phi) is 1.84. The van der Waals surface area contributed by atoms with Gasteiger partial charge in [0.25, 0.3) is 0 Å². The van der Waals surface area contributed by atoms with Gasteiger partial charge in [-0.1, -0.05) is 11.3 Å².